The highest BCUT2D eigenvalue weighted by Crippen LogP contribution is 1.97. The van der Waals surface area contributed by atoms with Gasteiger partial charge in [0, 0.05) is 13.1 Å². The van der Waals surface area contributed by atoms with E-state index in [0.29, 0.717) is 13.1 Å². The van der Waals surface area contributed by atoms with Gasteiger partial charge in [0.05, 0.1) is 6.10 Å². The van der Waals surface area contributed by atoms with E-state index in [4.69, 9.17) is 4.74 Å². The van der Waals surface area contributed by atoms with Crippen molar-refractivity contribution in [2.24, 2.45) is 0 Å². The molecule has 0 radical (unpaired) electrons. The normalized spacial score (nSPS) is 9.67. The molecule has 70 valence electrons. The van der Waals surface area contributed by atoms with E-state index in [1.165, 1.54) is 0 Å². The van der Waals surface area contributed by atoms with Crippen LogP contribution in [-0.4, -0.2) is 30.2 Å². The fourth-order valence-corrected chi connectivity index (χ4v) is 0.765. The second kappa shape index (κ2) is 5.63. The van der Waals surface area contributed by atoms with Crippen molar-refractivity contribution in [2.45, 2.75) is 26.9 Å². The third-order valence-electron chi connectivity index (χ3n) is 1.33. The highest BCUT2D eigenvalue weighted by Gasteiger charge is 2.11. The summed E-state index contributed by atoms with van der Waals surface area (Å²) in [5.41, 5.74) is 0. The minimum absolute atomic E-state index is 0.0589. The molecule has 0 aliphatic rings. The van der Waals surface area contributed by atoms with Crippen molar-refractivity contribution in [3.8, 4) is 0 Å². The maximum Gasteiger partial charge on any atom is 0.410 e. The number of amides is 1. The van der Waals surface area contributed by atoms with Crippen molar-refractivity contribution in [3.63, 3.8) is 0 Å². The van der Waals surface area contributed by atoms with Gasteiger partial charge < -0.3 is 9.64 Å². The lowest BCUT2D eigenvalue weighted by atomic mass is 10.5. The molecule has 3 nitrogen and oxygen atoms in total. The molecule has 0 heterocycles. The van der Waals surface area contributed by atoms with Crippen LogP contribution in [-0.2, 0) is 4.74 Å². The average molecular weight is 171 g/mol. The van der Waals surface area contributed by atoms with Gasteiger partial charge in [-0.3, -0.25) is 0 Å². The molecule has 1 amide bonds. The van der Waals surface area contributed by atoms with Crippen LogP contribution in [0.2, 0.25) is 0 Å². The smallest absolute Gasteiger partial charge is 0.410 e. The number of hydrogen-bond donors (Lipinski definition) is 0. The standard InChI is InChI=1S/C9H17NO2/c1-5-7-10(6-2)9(11)12-8(3)4/h5,8H,1,6-7H2,2-4H3. The Balaban J connectivity index is 3.93. The minimum Gasteiger partial charge on any atom is -0.447 e. The van der Waals surface area contributed by atoms with Gasteiger partial charge in [0.15, 0.2) is 0 Å². The molecule has 12 heavy (non-hydrogen) atoms. The Morgan fingerprint density at radius 3 is 2.58 bits per heavy atom. The quantitative estimate of drug-likeness (QED) is 0.606. The Labute approximate surface area is 74.0 Å². The average Bonchev–Trinajstić information content (AvgIpc) is 1.98. The topological polar surface area (TPSA) is 29.5 Å². The Kier molecular flexibility index (Phi) is 5.17. The van der Waals surface area contributed by atoms with Crippen molar-refractivity contribution in [3.05, 3.63) is 12.7 Å². The van der Waals surface area contributed by atoms with E-state index in [-0.39, 0.29) is 12.2 Å². The van der Waals surface area contributed by atoms with Gasteiger partial charge in [-0.2, -0.15) is 0 Å². The molecule has 0 saturated heterocycles. The van der Waals surface area contributed by atoms with Gasteiger partial charge in [-0.05, 0) is 20.8 Å². The van der Waals surface area contributed by atoms with Crippen molar-refractivity contribution >= 4 is 6.09 Å². The first kappa shape index (κ1) is 11.0. The molecule has 0 aliphatic heterocycles. The Bertz CT molecular complexity index is 155. The molecule has 0 fully saturated rings. The first-order valence-electron chi connectivity index (χ1n) is 4.18. The summed E-state index contributed by atoms with van der Waals surface area (Å²) >= 11 is 0. The molecule has 0 unspecified atom stereocenters. The first-order chi connectivity index (χ1) is 5.61. The lowest BCUT2D eigenvalue weighted by Gasteiger charge is -2.19. The Morgan fingerprint density at radius 1 is 1.67 bits per heavy atom. The van der Waals surface area contributed by atoms with Gasteiger partial charge >= 0.3 is 6.09 Å². The molecular formula is C9H17NO2. The molecule has 0 rings (SSSR count). The van der Waals surface area contributed by atoms with Crippen LogP contribution in [0.5, 0.6) is 0 Å². The van der Waals surface area contributed by atoms with E-state index < -0.39 is 0 Å². The van der Waals surface area contributed by atoms with Gasteiger partial charge in [0.2, 0.25) is 0 Å². The number of likely N-dealkylation sites (N-methyl/N-ethyl adjacent to an activating group) is 1. The van der Waals surface area contributed by atoms with Crippen molar-refractivity contribution in [1.29, 1.82) is 0 Å². The van der Waals surface area contributed by atoms with Crippen LogP contribution in [0.3, 0.4) is 0 Å². The van der Waals surface area contributed by atoms with Crippen LogP contribution in [0.25, 0.3) is 0 Å². The third-order valence-corrected chi connectivity index (χ3v) is 1.33. The minimum atomic E-state index is -0.271. The van der Waals surface area contributed by atoms with Crippen LogP contribution in [0.15, 0.2) is 12.7 Å². The van der Waals surface area contributed by atoms with E-state index in [2.05, 4.69) is 6.58 Å². The lowest BCUT2D eigenvalue weighted by molar-refractivity contribution is 0.0816. The number of hydrogen-bond acceptors (Lipinski definition) is 2. The predicted octanol–water partition coefficient (Wildman–Crippen LogP) is 2.04. The second-order valence-corrected chi connectivity index (χ2v) is 2.76. The number of nitrogens with zero attached hydrogens (tertiary/aromatic N) is 1. The second-order valence-electron chi connectivity index (χ2n) is 2.76. The van der Waals surface area contributed by atoms with Crippen LogP contribution in [0, 0.1) is 0 Å². The molecule has 0 bridgehead atoms. The van der Waals surface area contributed by atoms with Crippen molar-refractivity contribution in [1.82, 2.24) is 4.90 Å². The summed E-state index contributed by atoms with van der Waals surface area (Å²) in [5, 5.41) is 0. The van der Waals surface area contributed by atoms with Crippen molar-refractivity contribution in [2.75, 3.05) is 13.1 Å². The molecule has 0 aliphatic carbocycles. The Hall–Kier alpha value is -0.990. The molecule has 0 atom stereocenters. The molecule has 0 saturated carbocycles. The maximum atomic E-state index is 11.2. The monoisotopic (exact) mass is 171 g/mol. The van der Waals surface area contributed by atoms with Gasteiger partial charge in [-0.15, -0.1) is 6.58 Å². The summed E-state index contributed by atoms with van der Waals surface area (Å²) in [7, 11) is 0. The lowest BCUT2D eigenvalue weighted by Crippen LogP contribution is -2.33. The van der Waals surface area contributed by atoms with Gasteiger partial charge in [0.25, 0.3) is 0 Å². The summed E-state index contributed by atoms with van der Waals surface area (Å²) in [6.07, 6.45) is 1.36. The van der Waals surface area contributed by atoms with Gasteiger partial charge in [-0.1, -0.05) is 6.08 Å². The molecule has 0 aromatic heterocycles. The largest absolute Gasteiger partial charge is 0.447 e. The predicted molar refractivity (Wildman–Crippen MR) is 49.1 cm³/mol. The van der Waals surface area contributed by atoms with E-state index in [9.17, 15) is 4.79 Å². The number of ether oxygens (including phenoxy) is 1. The van der Waals surface area contributed by atoms with Gasteiger partial charge in [0.1, 0.15) is 0 Å². The van der Waals surface area contributed by atoms with Crippen LogP contribution < -0.4 is 0 Å². The van der Waals surface area contributed by atoms with Crippen LogP contribution >= 0.6 is 0 Å². The summed E-state index contributed by atoms with van der Waals surface area (Å²) in [6, 6.07) is 0. The van der Waals surface area contributed by atoms with E-state index in [0.717, 1.165) is 0 Å². The molecule has 0 N–H and O–H groups in total. The number of rotatable bonds is 4. The van der Waals surface area contributed by atoms with Crippen LogP contribution in [0.1, 0.15) is 20.8 Å². The van der Waals surface area contributed by atoms with Crippen molar-refractivity contribution < 1.29 is 9.53 Å². The molecule has 0 aromatic carbocycles. The number of carbonyl (C=O) groups is 1. The molecule has 0 spiro atoms. The van der Waals surface area contributed by atoms with E-state index in [1.807, 2.05) is 20.8 Å². The number of carbonyl (C=O) groups excluding carboxylic acids is 1. The summed E-state index contributed by atoms with van der Waals surface area (Å²) in [5.74, 6) is 0. The zero-order chi connectivity index (χ0) is 9.56. The summed E-state index contributed by atoms with van der Waals surface area (Å²) in [4.78, 5) is 12.8. The molecule has 0 aromatic rings. The fourth-order valence-electron chi connectivity index (χ4n) is 0.765. The first-order valence-corrected chi connectivity index (χ1v) is 4.18. The summed E-state index contributed by atoms with van der Waals surface area (Å²) in [6.45, 7) is 10.3. The zero-order valence-electron chi connectivity index (χ0n) is 8.04. The third kappa shape index (κ3) is 4.01. The zero-order valence-corrected chi connectivity index (χ0v) is 8.04. The Morgan fingerprint density at radius 2 is 2.25 bits per heavy atom. The highest BCUT2D eigenvalue weighted by molar-refractivity contribution is 5.67. The maximum absolute atomic E-state index is 11.2. The highest BCUT2D eigenvalue weighted by atomic mass is 16.6. The van der Waals surface area contributed by atoms with Gasteiger partial charge in [-0.25, -0.2) is 4.79 Å². The SMILES string of the molecule is C=CCN(CC)C(=O)OC(C)C. The molecular weight excluding hydrogens is 154 g/mol. The summed E-state index contributed by atoms with van der Waals surface area (Å²) < 4.78 is 5.00. The fraction of sp³-hybridized carbons (Fsp3) is 0.667. The molecule has 3 heteroatoms. The van der Waals surface area contributed by atoms with E-state index >= 15 is 0 Å². The van der Waals surface area contributed by atoms with E-state index in [1.54, 1.807) is 11.0 Å². The van der Waals surface area contributed by atoms with Crippen LogP contribution in [0.4, 0.5) is 4.79 Å².